The minimum absolute atomic E-state index is 0.00929. The molecule has 1 aromatic rings. The van der Waals surface area contributed by atoms with Gasteiger partial charge in [0.15, 0.2) is 0 Å². The highest BCUT2D eigenvalue weighted by Gasteiger charge is 2.42. The van der Waals surface area contributed by atoms with E-state index in [-0.39, 0.29) is 18.4 Å². The van der Waals surface area contributed by atoms with Crippen LogP contribution in [0.2, 0.25) is 0 Å². The standard InChI is InChI=1S/C13H19N2O13P3/c1-2-3-8-6-15(13(18)14-12(8)17)10-4-9(11(16)5-10)7-26-30(22,23)28-31(24,25)27-29(19,20)21/h6,9-11,16H,4-5,7H2,1H3,(H,22,23)(H,24,25)(H,14,17,18)(H2,19,20,21)/t9-,10-,11-/m1/s1. The van der Waals surface area contributed by atoms with E-state index in [0.717, 1.165) is 4.57 Å². The van der Waals surface area contributed by atoms with Crippen LogP contribution in [0.1, 0.15) is 31.4 Å². The Bertz CT molecular complexity index is 1140. The molecule has 1 saturated carbocycles. The van der Waals surface area contributed by atoms with Gasteiger partial charge >= 0.3 is 29.2 Å². The van der Waals surface area contributed by atoms with E-state index in [1.165, 1.54) is 13.1 Å². The Kier molecular flexibility index (Phi) is 8.03. The van der Waals surface area contributed by atoms with Gasteiger partial charge in [0.2, 0.25) is 0 Å². The molecule has 18 heteroatoms. The highest BCUT2D eigenvalue weighted by Crippen LogP contribution is 2.66. The van der Waals surface area contributed by atoms with Crippen molar-refractivity contribution in [1.82, 2.24) is 9.55 Å². The van der Waals surface area contributed by atoms with Crippen LogP contribution in [-0.4, -0.2) is 46.9 Å². The number of aliphatic hydroxyl groups is 1. The molecule has 0 aromatic carbocycles. The van der Waals surface area contributed by atoms with Crippen LogP contribution < -0.4 is 11.2 Å². The van der Waals surface area contributed by atoms with Crippen LogP contribution >= 0.6 is 23.5 Å². The zero-order valence-electron chi connectivity index (χ0n) is 15.7. The number of nitrogens with one attached hydrogen (secondary N) is 1. The minimum atomic E-state index is -5.65. The molecule has 1 aromatic heterocycles. The SMILES string of the molecule is CC#Cc1cn([C@@H]2C[C@H](COP(=O)(O)OP(=O)(O)OP(=O)(O)O)[C@H](O)C2)c(=O)[nH]c1=O. The Morgan fingerprint density at radius 3 is 2.35 bits per heavy atom. The topological polar surface area (TPSA) is 235 Å². The third kappa shape index (κ3) is 7.61. The number of aromatic nitrogens is 2. The van der Waals surface area contributed by atoms with E-state index in [0.29, 0.717) is 0 Å². The summed E-state index contributed by atoms with van der Waals surface area (Å²) in [6.45, 7) is 0.814. The number of aromatic amines is 1. The van der Waals surface area contributed by atoms with Gasteiger partial charge in [-0.15, -0.1) is 5.92 Å². The average Bonchev–Trinajstić information content (AvgIpc) is 2.93. The number of phosphoric acid groups is 3. The van der Waals surface area contributed by atoms with Gasteiger partial charge in [-0.1, -0.05) is 5.92 Å². The van der Waals surface area contributed by atoms with Gasteiger partial charge in [0.05, 0.1) is 12.7 Å². The molecule has 2 rings (SSSR count). The van der Waals surface area contributed by atoms with Gasteiger partial charge in [-0.2, -0.15) is 8.62 Å². The Labute approximate surface area is 174 Å². The number of H-pyrrole nitrogens is 1. The Morgan fingerprint density at radius 1 is 1.13 bits per heavy atom. The molecule has 0 bridgehead atoms. The molecule has 0 spiro atoms. The van der Waals surface area contributed by atoms with Gasteiger partial charge < -0.3 is 24.7 Å². The monoisotopic (exact) mass is 504 g/mol. The van der Waals surface area contributed by atoms with Crippen molar-refractivity contribution in [3.05, 3.63) is 32.6 Å². The lowest BCUT2D eigenvalue weighted by Gasteiger charge is -2.19. The zero-order valence-corrected chi connectivity index (χ0v) is 18.4. The first-order chi connectivity index (χ1) is 14.1. The summed E-state index contributed by atoms with van der Waals surface area (Å²) in [6.07, 6.45) is 0.147. The van der Waals surface area contributed by atoms with E-state index >= 15 is 0 Å². The van der Waals surface area contributed by atoms with Crippen molar-refractivity contribution in [2.45, 2.75) is 31.9 Å². The third-order valence-corrected chi connectivity index (χ3v) is 7.92. The Morgan fingerprint density at radius 2 is 1.77 bits per heavy atom. The molecule has 31 heavy (non-hydrogen) atoms. The summed E-state index contributed by atoms with van der Waals surface area (Å²) in [6, 6.07) is -0.633. The molecule has 2 unspecified atom stereocenters. The molecule has 6 N–H and O–H groups in total. The highest BCUT2D eigenvalue weighted by atomic mass is 31.3. The fourth-order valence-corrected chi connectivity index (χ4v) is 6.03. The fraction of sp³-hybridized carbons (Fsp3) is 0.538. The first-order valence-corrected chi connectivity index (χ1v) is 12.9. The van der Waals surface area contributed by atoms with Crippen LogP contribution in [0.15, 0.2) is 15.8 Å². The van der Waals surface area contributed by atoms with Crippen molar-refractivity contribution in [3.63, 3.8) is 0 Å². The van der Waals surface area contributed by atoms with Crippen LogP contribution in [-0.2, 0) is 26.8 Å². The second-order valence-electron chi connectivity index (χ2n) is 6.42. The first kappa shape index (κ1) is 25.9. The predicted octanol–water partition coefficient (Wildman–Crippen LogP) is -0.437. The van der Waals surface area contributed by atoms with Gasteiger partial charge in [0, 0.05) is 18.2 Å². The number of hydrogen-bond donors (Lipinski definition) is 6. The molecule has 1 heterocycles. The van der Waals surface area contributed by atoms with Gasteiger partial charge in [-0.3, -0.25) is 18.9 Å². The molecule has 5 atom stereocenters. The number of aliphatic hydroxyl groups excluding tert-OH is 1. The maximum atomic E-state index is 12.1. The van der Waals surface area contributed by atoms with E-state index in [4.69, 9.17) is 14.7 Å². The van der Waals surface area contributed by atoms with Crippen LogP contribution in [0.25, 0.3) is 0 Å². The largest absolute Gasteiger partial charge is 0.490 e. The van der Waals surface area contributed by atoms with Crippen LogP contribution in [0, 0.1) is 17.8 Å². The number of nitrogens with zero attached hydrogens (tertiary/aromatic N) is 1. The maximum Gasteiger partial charge on any atom is 0.490 e. The van der Waals surface area contributed by atoms with Gasteiger partial charge in [-0.05, 0) is 19.8 Å². The lowest BCUT2D eigenvalue weighted by molar-refractivity contribution is 0.0834. The van der Waals surface area contributed by atoms with Gasteiger partial charge in [0.1, 0.15) is 5.56 Å². The average molecular weight is 504 g/mol. The minimum Gasteiger partial charge on any atom is -0.393 e. The Balaban J connectivity index is 2.08. The van der Waals surface area contributed by atoms with Crippen molar-refractivity contribution < 1.29 is 51.5 Å². The summed E-state index contributed by atoms with van der Waals surface area (Å²) in [5, 5.41) is 10.2. The summed E-state index contributed by atoms with van der Waals surface area (Å²) in [4.78, 5) is 61.5. The van der Waals surface area contributed by atoms with Crippen LogP contribution in [0.4, 0.5) is 0 Å². The van der Waals surface area contributed by atoms with Gasteiger partial charge in [0.25, 0.3) is 5.56 Å². The first-order valence-electron chi connectivity index (χ1n) is 8.37. The molecule has 1 aliphatic rings. The molecule has 0 radical (unpaired) electrons. The molecular weight excluding hydrogens is 485 g/mol. The van der Waals surface area contributed by atoms with Gasteiger partial charge in [-0.25, -0.2) is 18.5 Å². The molecule has 0 saturated heterocycles. The van der Waals surface area contributed by atoms with E-state index in [2.05, 4.69) is 30.0 Å². The number of hydrogen-bond acceptors (Lipinski definition) is 9. The summed E-state index contributed by atoms with van der Waals surface area (Å²) in [5.41, 5.74) is -1.41. The van der Waals surface area contributed by atoms with Crippen LogP contribution in [0.3, 0.4) is 0 Å². The quantitative estimate of drug-likeness (QED) is 0.195. The van der Waals surface area contributed by atoms with Crippen molar-refractivity contribution in [2.24, 2.45) is 5.92 Å². The summed E-state index contributed by atoms with van der Waals surface area (Å²) >= 11 is 0. The lowest BCUT2D eigenvalue weighted by atomic mass is 10.1. The summed E-state index contributed by atoms with van der Waals surface area (Å²) in [5.74, 6) is 4.21. The van der Waals surface area contributed by atoms with E-state index in [1.807, 2.05) is 0 Å². The molecule has 174 valence electrons. The van der Waals surface area contributed by atoms with E-state index in [9.17, 15) is 33.3 Å². The molecular formula is C13H19N2O13P3. The molecule has 15 nitrogen and oxygen atoms in total. The molecule has 0 amide bonds. The molecule has 1 fully saturated rings. The number of phosphoric ester groups is 1. The van der Waals surface area contributed by atoms with Crippen molar-refractivity contribution >= 4 is 23.5 Å². The highest BCUT2D eigenvalue weighted by molar-refractivity contribution is 7.66. The molecule has 0 aliphatic heterocycles. The van der Waals surface area contributed by atoms with Crippen molar-refractivity contribution in [1.29, 1.82) is 0 Å². The molecule has 1 aliphatic carbocycles. The third-order valence-electron chi connectivity index (χ3n) is 4.12. The van der Waals surface area contributed by atoms with Crippen molar-refractivity contribution in [2.75, 3.05) is 6.61 Å². The number of rotatable bonds is 8. The Hall–Kier alpha value is -1.39. The maximum absolute atomic E-state index is 12.1. The van der Waals surface area contributed by atoms with E-state index < -0.39 is 59.4 Å². The summed E-state index contributed by atoms with van der Waals surface area (Å²) < 4.78 is 46.6. The fourth-order valence-electron chi connectivity index (χ4n) is 2.95. The summed E-state index contributed by atoms with van der Waals surface area (Å²) in [7, 11) is -16.5. The smallest absolute Gasteiger partial charge is 0.393 e. The lowest BCUT2D eigenvalue weighted by Crippen LogP contribution is -2.33. The normalized spacial score (nSPS) is 25.3. The predicted molar refractivity (Wildman–Crippen MR) is 101 cm³/mol. The second kappa shape index (κ2) is 9.62. The zero-order chi connectivity index (χ0) is 23.6. The van der Waals surface area contributed by atoms with E-state index in [1.54, 1.807) is 0 Å². The van der Waals surface area contributed by atoms with Crippen LogP contribution in [0.5, 0.6) is 0 Å². The second-order valence-corrected chi connectivity index (χ2v) is 10.8. The van der Waals surface area contributed by atoms with Crippen molar-refractivity contribution in [3.8, 4) is 11.8 Å².